The Bertz CT molecular complexity index is 1090. The van der Waals surface area contributed by atoms with Crippen LogP contribution < -0.4 is 10.2 Å². The Morgan fingerprint density at radius 3 is 2.20 bits per heavy atom. The minimum absolute atomic E-state index is 0.111. The highest BCUT2D eigenvalue weighted by Crippen LogP contribution is 2.35. The molecule has 152 valence electrons. The number of carbonyl (C=O) groups excluding carboxylic acids is 1. The second-order valence-corrected chi connectivity index (χ2v) is 5.98. The van der Waals surface area contributed by atoms with E-state index in [2.05, 4.69) is 20.8 Å². The molecule has 4 N–H and O–H groups in total. The quantitative estimate of drug-likeness (QED) is 0.168. The molecule has 0 aliphatic carbocycles. The van der Waals surface area contributed by atoms with Crippen molar-refractivity contribution >= 4 is 17.4 Å². The Morgan fingerprint density at radius 2 is 1.53 bits per heavy atom. The van der Waals surface area contributed by atoms with Gasteiger partial charge in [-0.25, -0.2) is 5.43 Å². The van der Waals surface area contributed by atoms with Gasteiger partial charge in [0.2, 0.25) is 5.84 Å². The number of nitrogens with one attached hydrogen (secondary N) is 1. The van der Waals surface area contributed by atoms with Gasteiger partial charge in [0.1, 0.15) is 11.4 Å². The molecule has 0 saturated carbocycles. The smallest absolute Gasteiger partial charge is 0.271 e. The number of rotatable bonds is 5. The Labute approximate surface area is 171 Å². The van der Waals surface area contributed by atoms with Crippen LogP contribution in [0.25, 0.3) is 0 Å². The number of hydrogen-bond donors (Lipinski definition) is 4. The van der Waals surface area contributed by atoms with Crippen LogP contribution in [0.1, 0.15) is 15.9 Å². The average Bonchev–Trinajstić information content (AvgIpc) is 2.77. The first-order valence-electron chi connectivity index (χ1n) is 8.72. The van der Waals surface area contributed by atoms with E-state index in [0.29, 0.717) is 17.0 Å². The van der Waals surface area contributed by atoms with Crippen molar-refractivity contribution in [3.63, 3.8) is 0 Å². The van der Waals surface area contributed by atoms with Crippen LogP contribution in [0.3, 0.4) is 0 Å². The summed E-state index contributed by atoms with van der Waals surface area (Å²) in [5.41, 5.74) is 3.25. The van der Waals surface area contributed by atoms with Gasteiger partial charge in [-0.1, -0.05) is 42.5 Å². The van der Waals surface area contributed by atoms with Crippen LogP contribution in [0.4, 0.5) is 5.69 Å². The molecule has 0 radical (unpaired) electrons. The first-order chi connectivity index (χ1) is 14.5. The number of ether oxygens (including phenoxy) is 1. The van der Waals surface area contributed by atoms with E-state index in [1.807, 2.05) is 6.07 Å². The summed E-state index contributed by atoms with van der Waals surface area (Å²) in [6.45, 7) is 0. The number of hydrazone groups is 1. The van der Waals surface area contributed by atoms with Crippen molar-refractivity contribution in [1.82, 2.24) is 5.43 Å². The molecule has 30 heavy (non-hydrogen) atoms. The zero-order chi connectivity index (χ0) is 21.5. The van der Waals surface area contributed by atoms with Crippen LogP contribution in [-0.2, 0) is 0 Å². The molecule has 0 aliphatic rings. The number of amidine groups is 1. The topological polar surface area (TPSA) is 136 Å². The zero-order valence-electron chi connectivity index (χ0n) is 15.9. The van der Waals surface area contributed by atoms with Crippen LogP contribution in [0.15, 0.2) is 82.1 Å². The fourth-order valence-corrected chi connectivity index (χ4v) is 2.45. The van der Waals surface area contributed by atoms with Gasteiger partial charge in [-0.05, 0) is 24.3 Å². The summed E-state index contributed by atoms with van der Waals surface area (Å²) < 4.78 is 5.24. The number of carbonyl (C=O) groups is 1. The highest BCUT2D eigenvalue weighted by Gasteiger charge is 2.14. The van der Waals surface area contributed by atoms with E-state index in [-0.39, 0.29) is 11.4 Å². The molecule has 0 saturated heterocycles. The number of para-hydroxylation sites is 1. The molecule has 0 fully saturated rings. The van der Waals surface area contributed by atoms with E-state index in [1.54, 1.807) is 48.5 Å². The molecule has 3 aromatic carbocycles. The maximum Gasteiger partial charge on any atom is 0.271 e. The molecule has 0 heterocycles. The molecule has 0 atom stereocenters. The minimum atomic E-state index is -0.735. The van der Waals surface area contributed by atoms with E-state index >= 15 is 0 Å². The molecular weight excluding hydrogens is 388 g/mol. The summed E-state index contributed by atoms with van der Waals surface area (Å²) in [6.07, 6.45) is 0. The summed E-state index contributed by atoms with van der Waals surface area (Å²) >= 11 is 0. The van der Waals surface area contributed by atoms with Gasteiger partial charge in [0.15, 0.2) is 17.2 Å². The number of azo groups is 1. The van der Waals surface area contributed by atoms with Crippen molar-refractivity contribution in [3.8, 4) is 23.0 Å². The van der Waals surface area contributed by atoms with E-state index in [9.17, 15) is 20.1 Å². The molecule has 0 bridgehead atoms. The second-order valence-electron chi connectivity index (χ2n) is 5.98. The molecule has 9 nitrogen and oxygen atoms in total. The number of phenols is 3. The Morgan fingerprint density at radius 1 is 0.900 bits per heavy atom. The van der Waals surface area contributed by atoms with E-state index in [4.69, 9.17) is 4.74 Å². The van der Waals surface area contributed by atoms with Gasteiger partial charge < -0.3 is 20.1 Å². The lowest BCUT2D eigenvalue weighted by molar-refractivity contribution is 0.0954. The standard InChI is InChI=1S/C21H18N4O5/c1-30-18-10-6-5-9-15(18)22-23-20(13-7-3-2-4-8-13)24-25-21(29)14-11-16(26)19(28)17(27)12-14/h2-12,26-28H,1H3,(H,25,29)/b23-22?,24-20+. The molecule has 0 unspecified atom stereocenters. The maximum atomic E-state index is 12.4. The number of amides is 1. The Hall–Kier alpha value is -4.40. The second kappa shape index (κ2) is 9.20. The van der Waals surface area contributed by atoms with Gasteiger partial charge in [-0.2, -0.15) is 0 Å². The lowest BCUT2D eigenvalue weighted by Crippen LogP contribution is -2.19. The lowest BCUT2D eigenvalue weighted by atomic mass is 10.2. The van der Waals surface area contributed by atoms with Gasteiger partial charge >= 0.3 is 0 Å². The molecule has 1 amide bonds. The van der Waals surface area contributed by atoms with Gasteiger partial charge in [-0.3, -0.25) is 4.79 Å². The maximum absolute atomic E-state index is 12.4. The molecule has 3 rings (SSSR count). The van der Waals surface area contributed by atoms with Crippen molar-refractivity contribution in [2.75, 3.05) is 7.11 Å². The predicted octanol–water partition coefficient (Wildman–Crippen LogP) is 3.69. The SMILES string of the molecule is COc1ccccc1N=N/C(=N/NC(=O)c1cc(O)c(O)c(O)c1)c1ccccc1. The van der Waals surface area contributed by atoms with Gasteiger partial charge in [0, 0.05) is 11.1 Å². The number of methoxy groups -OCH3 is 1. The van der Waals surface area contributed by atoms with Crippen LogP contribution in [0, 0.1) is 0 Å². The summed E-state index contributed by atoms with van der Waals surface area (Å²) in [5.74, 6) is -2.09. The highest BCUT2D eigenvalue weighted by molar-refractivity contribution is 6.01. The summed E-state index contributed by atoms with van der Waals surface area (Å²) in [4.78, 5) is 12.4. The van der Waals surface area contributed by atoms with E-state index in [0.717, 1.165) is 12.1 Å². The lowest BCUT2D eigenvalue weighted by Gasteiger charge is -2.06. The zero-order valence-corrected chi connectivity index (χ0v) is 15.9. The number of hydrogen-bond acceptors (Lipinski definition) is 7. The van der Waals surface area contributed by atoms with Gasteiger partial charge in [0.05, 0.1) is 7.11 Å². The Balaban J connectivity index is 1.90. The predicted molar refractivity (Wildman–Crippen MR) is 109 cm³/mol. The summed E-state index contributed by atoms with van der Waals surface area (Å²) in [6, 6.07) is 17.9. The molecule has 3 aromatic rings. The molecule has 0 spiro atoms. The minimum Gasteiger partial charge on any atom is -0.504 e. The molecular formula is C21H18N4O5. The van der Waals surface area contributed by atoms with E-state index in [1.165, 1.54) is 7.11 Å². The molecule has 0 aliphatic heterocycles. The summed E-state index contributed by atoms with van der Waals surface area (Å²) in [7, 11) is 1.52. The third-order valence-corrected chi connectivity index (χ3v) is 3.96. The van der Waals surface area contributed by atoms with Crippen LogP contribution >= 0.6 is 0 Å². The van der Waals surface area contributed by atoms with Gasteiger partial charge in [0.25, 0.3) is 5.91 Å². The first-order valence-corrected chi connectivity index (χ1v) is 8.72. The van der Waals surface area contributed by atoms with Gasteiger partial charge in [-0.15, -0.1) is 15.3 Å². The van der Waals surface area contributed by atoms with Crippen LogP contribution in [-0.4, -0.2) is 34.2 Å². The third-order valence-electron chi connectivity index (χ3n) is 3.96. The number of phenolic OH excluding ortho intramolecular Hbond substituents is 3. The average molecular weight is 406 g/mol. The van der Waals surface area contributed by atoms with Crippen molar-refractivity contribution in [2.24, 2.45) is 15.3 Å². The van der Waals surface area contributed by atoms with Crippen molar-refractivity contribution in [3.05, 3.63) is 77.9 Å². The van der Waals surface area contributed by atoms with Crippen LogP contribution in [0.5, 0.6) is 23.0 Å². The Kier molecular flexibility index (Phi) is 6.23. The fourth-order valence-electron chi connectivity index (χ4n) is 2.45. The monoisotopic (exact) mass is 406 g/mol. The number of benzene rings is 3. The largest absolute Gasteiger partial charge is 0.504 e. The van der Waals surface area contributed by atoms with E-state index < -0.39 is 23.2 Å². The molecule has 9 heteroatoms. The normalized spacial score (nSPS) is 11.4. The fraction of sp³-hybridized carbons (Fsp3) is 0.0476. The number of aromatic hydroxyl groups is 3. The van der Waals surface area contributed by atoms with Crippen molar-refractivity contribution in [2.45, 2.75) is 0 Å². The number of nitrogens with zero attached hydrogens (tertiary/aromatic N) is 3. The van der Waals surface area contributed by atoms with Crippen molar-refractivity contribution in [1.29, 1.82) is 0 Å². The van der Waals surface area contributed by atoms with Crippen molar-refractivity contribution < 1.29 is 24.9 Å². The highest BCUT2D eigenvalue weighted by atomic mass is 16.5. The molecule has 0 aromatic heterocycles. The third kappa shape index (κ3) is 4.71. The summed E-state index contributed by atoms with van der Waals surface area (Å²) in [5, 5.41) is 40.8. The first kappa shape index (κ1) is 20.3. The van der Waals surface area contributed by atoms with Crippen LogP contribution in [0.2, 0.25) is 0 Å².